The van der Waals surface area contributed by atoms with Gasteiger partial charge < -0.3 is 10.0 Å². The van der Waals surface area contributed by atoms with Crippen molar-refractivity contribution in [2.24, 2.45) is 0 Å². The van der Waals surface area contributed by atoms with Crippen molar-refractivity contribution in [3.05, 3.63) is 94.8 Å². The maximum atomic E-state index is 13.7. The molecule has 3 aromatic rings. The van der Waals surface area contributed by atoms with Crippen LogP contribution in [0.5, 0.6) is 5.75 Å². The minimum Gasteiger partial charge on any atom is -0.508 e. The number of hydrogen-bond donors (Lipinski definition) is 1. The van der Waals surface area contributed by atoms with Crippen LogP contribution in [0.15, 0.2) is 66.7 Å². The van der Waals surface area contributed by atoms with Gasteiger partial charge in [-0.05, 0) is 103 Å². The molecule has 34 heavy (non-hydrogen) atoms. The average Bonchev–Trinajstić information content (AvgIpc) is 3.04. The normalized spacial score (nSPS) is 17.1. The zero-order valence-corrected chi connectivity index (χ0v) is 20.1. The number of aryl methyl sites for hydroxylation is 1. The molecule has 4 heteroatoms. The van der Waals surface area contributed by atoms with Crippen molar-refractivity contribution >= 4 is 16.8 Å². The van der Waals surface area contributed by atoms with E-state index >= 15 is 0 Å². The van der Waals surface area contributed by atoms with E-state index in [4.69, 9.17) is 0 Å². The van der Waals surface area contributed by atoms with E-state index in [1.807, 2.05) is 24.3 Å². The maximum absolute atomic E-state index is 13.7. The second-order valence-electron chi connectivity index (χ2n) is 9.72. The van der Waals surface area contributed by atoms with E-state index in [1.165, 1.54) is 22.4 Å². The summed E-state index contributed by atoms with van der Waals surface area (Å²) < 4.78 is 13.7. The summed E-state index contributed by atoms with van der Waals surface area (Å²) >= 11 is 0. The maximum Gasteiger partial charge on any atom is 0.123 e. The minimum absolute atomic E-state index is 0.216. The van der Waals surface area contributed by atoms with Crippen molar-refractivity contribution in [3.8, 4) is 5.75 Å². The molecule has 1 fully saturated rings. The molecule has 0 spiro atoms. The van der Waals surface area contributed by atoms with Crippen LogP contribution < -0.4 is 4.90 Å². The lowest BCUT2D eigenvalue weighted by Gasteiger charge is -2.38. The monoisotopic (exact) mass is 456 g/mol. The van der Waals surface area contributed by atoms with Gasteiger partial charge >= 0.3 is 0 Å². The molecule has 0 radical (unpaired) electrons. The molecular formula is C30H33FN2O. The van der Waals surface area contributed by atoms with E-state index in [0.717, 1.165) is 62.1 Å². The van der Waals surface area contributed by atoms with E-state index in [9.17, 15) is 9.50 Å². The Morgan fingerprint density at radius 1 is 0.794 bits per heavy atom. The van der Waals surface area contributed by atoms with Gasteiger partial charge in [-0.2, -0.15) is 0 Å². The number of halogens is 1. The topological polar surface area (TPSA) is 26.7 Å². The number of phenols is 1. The Morgan fingerprint density at radius 3 is 2.15 bits per heavy atom. The Morgan fingerprint density at radius 2 is 1.47 bits per heavy atom. The van der Waals surface area contributed by atoms with Crippen LogP contribution in [0.2, 0.25) is 0 Å². The molecular weight excluding hydrogens is 423 g/mol. The van der Waals surface area contributed by atoms with Gasteiger partial charge in [0, 0.05) is 37.9 Å². The van der Waals surface area contributed by atoms with Gasteiger partial charge in [0.2, 0.25) is 0 Å². The summed E-state index contributed by atoms with van der Waals surface area (Å²) in [5.74, 6) is 0.0889. The first-order chi connectivity index (χ1) is 16.5. The molecule has 5 rings (SSSR count). The van der Waals surface area contributed by atoms with E-state index in [1.54, 1.807) is 18.2 Å². The van der Waals surface area contributed by atoms with Crippen LogP contribution in [-0.4, -0.2) is 42.2 Å². The second-order valence-corrected chi connectivity index (χ2v) is 9.72. The summed E-state index contributed by atoms with van der Waals surface area (Å²) in [7, 11) is 0. The van der Waals surface area contributed by atoms with Gasteiger partial charge in [-0.25, -0.2) is 4.39 Å². The van der Waals surface area contributed by atoms with Crippen LogP contribution in [0.25, 0.3) is 11.1 Å². The number of benzene rings is 3. The van der Waals surface area contributed by atoms with E-state index in [2.05, 4.69) is 47.9 Å². The molecule has 1 heterocycles. The molecule has 0 atom stereocenters. The number of fused-ring (bicyclic) bond motifs is 1. The average molecular weight is 457 g/mol. The number of nitrogens with zero attached hydrogens (tertiary/aromatic N) is 2. The SMILES string of the molecule is CC(C)N1CCN(c2ccc(C3=C(c4ccc(F)cc4)CCCc4cc(O)ccc43)cc2)CC1. The first kappa shape index (κ1) is 22.7. The Kier molecular flexibility index (Phi) is 6.42. The highest BCUT2D eigenvalue weighted by Crippen LogP contribution is 2.41. The van der Waals surface area contributed by atoms with Crippen LogP contribution in [0, 0.1) is 5.82 Å². The van der Waals surface area contributed by atoms with Gasteiger partial charge in [0.1, 0.15) is 11.6 Å². The molecule has 0 aromatic heterocycles. The molecule has 0 unspecified atom stereocenters. The molecule has 2 aliphatic rings. The highest BCUT2D eigenvalue weighted by Gasteiger charge is 2.22. The van der Waals surface area contributed by atoms with Crippen molar-refractivity contribution in [3.63, 3.8) is 0 Å². The van der Waals surface area contributed by atoms with Crippen molar-refractivity contribution in [2.75, 3.05) is 31.1 Å². The molecule has 3 aromatic carbocycles. The number of rotatable bonds is 4. The van der Waals surface area contributed by atoms with Gasteiger partial charge in [0.05, 0.1) is 0 Å². The predicted molar refractivity (Wildman–Crippen MR) is 139 cm³/mol. The van der Waals surface area contributed by atoms with E-state index in [-0.39, 0.29) is 5.82 Å². The fourth-order valence-electron chi connectivity index (χ4n) is 5.38. The highest BCUT2D eigenvalue weighted by atomic mass is 19.1. The van der Waals surface area contributed by atoms with Crippen LogP contribution in [0.4, 0.5) is 10.1 Å². The smallest absolute Gasteiger partial charge is 0.123 e. The van der Waals surface area contributed by atoms with Gasteiger partial charge in [-0.1, -0.05) is 30.3 Å². The van der Waals surface area contributed by atoms with Gasteiger partial charge in [-0.15, -0.1) is 0 Å². The van der Waals surface area contributed by atoms with Gasteiger partial charge in [0.15, 0.2) is 0 Å². The molecule has 176 valence electrons. The standard InChI is InChI=1S/C30H33FN2O/c1-21(2)32-16-18-33(19-17-32)26-12-8-23(9-13-26)30-28(22-6-10-25(31)11-7-22)5-3-4-24-20-27(34)14-15-29(24)30/h6-15,20-21,34H,3-5,16-19H2,1-2H3. The molecule has 3 nitrogen and oxygen atoms in total. The summed E-state index contributed by atoms with van der Waals surface area (Å²) in [4.78, 5) is 5.00. The van der Waals surface area contributed by atoms with Crippen molar-refractivity contribution in [1.29, 1.82) is 0 Å². The second kappa shape index (κ2) is 9.63. The number of phenolic OH excluding ortho intramolecular Hbond substituents is 1. The molecule has 1 aliphatic carbocycles. The number of allylic oxidation sites excluding steroid dienone is 1. The first-order valence-electron chi connectivity index (χ1n) is 12.4. The molecule has 1 N–H and O–H groups in total. The molecule has 0 saturated carbocycles. The third-order valence-corrected chi connectivity index (χ3v) is 7.29. The number of anilines is 1. The van der Waals surface area contributed by atoms with E-state index < -0.39 is 0 Å². The summed E-state index contributed by atoms with van der Waals surface area (Å²) in [6, 6.07) is 22.1. The quantitative estimate of drug-likeness (QED) is 0.495. The van der Waals surface area contributed by atoms with Crippen molar-refractivity contribution in [1.82, 2.24) is 4.90 Å². The Labute approximate surface area is 202 Å². The number of piperazine rings is 1. The fourth-order valence-corrected chi connectivity index (χ4v) is 5.38. The number of aromatic hydroxyl groups is 1. The Hall–Kier alpha value is -3.11. The van der Waals surface area contributed by atoms with Crippen LogP contribution in [0.1, 0.15) is 48.9 Å². The lowest BCUT2D eigenvalue weighted by molar-refractivity contribution is 0.209. The molecule has 0 bridgehead atoms. The van der Waals surface area contributed by atoms with Crippen molar-refractivity contribution in [2.45, 2.75) is 39.2 Å². The van der Waals surface area contributed by atoms with Crippen LogP contribution in [0.3, 0.4) is 0 Å². The Balaban J connectivity index is 1.54. The molecule has 1 aliphatic heterocycles. The zero-order chi connectivity index (χ0) is 23.7. The van der Waals surface area contributed by atoms with Crippen LogP contribution >= 0.6 is 0 Å². The van der Waals surface area contributed by atoms with Crippen LogP contribution in [-0.2, 0) is 6.42 Å². The third kappa shape index (κ3) is 4.60. The van der Waals surface area contributed by atoms with Gasteiger partial charge in [0.25, 0.3) is 0 Å². The van der Waals surface area contributed by atoms with E-state index in [0.29, 0.717) is 11.8 Å². The third-order valence-electron chi connectivity index (χ3n) is 7.29. The first-order valence-corrected chi connectivity index (χ1v) is 12.4. The molecule has 0 amide bonds. The lowest BCUT2D eigenvalue weighted by Crippen LogP contribution is -2.48. The summed E-state index contributed by atoms with van der Waals surface area (Å²) in [5, 5.41) is 10.1. The summed E-state index contributed by atoms with van der Waals surface area (Å²) in [6.45, 7) is 8.81. The fraction of sp³-hybridized carbons (Fsp3) is 0.333. The zero-order valence-electron chi connectivity index (χ0n) is 20.1. The Bertz CT molecular complexity index is 1170. The van der Waals surface area contributed by atoms with Crippen molar-refractivity contribution < 1.29 is 9.50 Å². The lowest BCUT2D eigenvalue weighted by atomic mass is 9.87. The highest BCUT2D eigenvalue weighted by molar-refractivity contribution is 6.00. The largest absolute Gasteiger partial charge is 0.508 e. The van der Waals surface area contributed by atoms with Gasteiger partial charge in [-0.3, -0.25) is 4.90 Å². The summed E-state index contributed by atoms with van der Waals surface area (Å²) in [5.41, 5.74) is 8.24. The minimum atomic E-state index is -0.216. The predicted octanol–water partition coefficient (Wildman–Crippen LogP) is 6.36. The number of hydrogen-bond acceptors (Lipinski definition) is 3. The molecule has 1 saturated heterocycles. The summed E-state index contributed by atoms with van der Waals surface area (Å²) in [6.07, 6.45) is 2.82.